The van der Waals surface area contributed by atoms with Gasteiger partial charge in [-0.25, -0.2) is 0 Å². The van der Waals surface area contributed by atoms with Crippen molar-refractivity contribution in [2.24, 2.45) is 5.92 Å². The second-order valence-electron chi connectivity index (χ2n) is 6.77. The lowest BCUT2D eigenvalue weighted by Crippen LogP contribution is -2.16. The summed E-state index contributed by atoms with van der Waals surface area (Å²) in [4.78, 5) is 12.4. The molecule has 0 aliphatic carbocycles. The van der Waals surface area contributed by atoms with Crippen molar-refractivity contribution in [3.63, 3.8) is 0 Å². The van der Waals surface area contributed by atoms with E-state index in [4.69, 9.17) is 0 Å². The first-order valence-corrected chi connectivity index (χ1v) is 8.18. The topological polar surface area (TPSA) is 46.9 Å². The third-order valence-electron chi connectivity index (χ3n) is 4.06. The lowest BCUT2D eigenvalue weighted by atomic mass is 10.1. The number of amides is 1. The molecule has 0 aliphatic rings. The molecule has 0 saturated carbocycles. The van der Waals surface area contributed by atoms with Crippen LogP contribution in [-0.4, -0.2) is 15.7 Å². The zero-order valence-corrected chi connectivity index (χ0v) is 15.0. The second-order valence-corrected chi connectivity index (χ2v) is 6.77. The molecule has 0 unspecified atom stereocenters. The molecule has 0 fully saturated rings. The van der Waals surface area contributed by atoms with Crippen LogP contribution in [0.2, 0.25) is 0 Å². The quantitative estimate of drug-likeness (QED) is 0.908. The summed E-state index contributed by atoms with van der Waals surface area (Å²) in [6, 6.07) is 6.05. The highest BCUT2D eigenvalue weighted by molar-refractivity contribution is 5.93. The van der Waals surface area contributed by atoms with Crippen LogP contribution in [0.1, 0.15) is 41.9 Å². The SMILES string of the molecule is Cc1ccc(NC(=O)Cc2c(C)nn(CC(C)C)c2C)c(C)c1. The van der Waals surface area contributed by atoms with Crippen molar-refractivity contribution in [2.75, 3.05) is 5.32 Å². The van der Waals surface area contributed by atoms with Crippen molar-refractivity contribution in [2.45, 2.75) is 54.5 Å². The molecule has 0 radical (unpaired) electrons. The van der Waals surface area contributed by atoms with Gasteiger partial charge in [0.1, 0.15) is 0 Å². The molecule has 1 aromatic carbocycles. The maximum Gasteiger partial charge on any atom is 0.228 e. The summed E-state index contributed by atoms with van der Waals surface area (Å²) in [5.41, 5.74) is 6.23. The fraction of sp³-hybridized carbons (Fsp3) is 0.474. The summed E-state index contributed by atoms with van der Waals surface area (Å²) >= 11 is 0. The highest BCUT2D eigenvalue weighted by atomic mass is 16.1. The number of carbonyl (C=O) groups excluding carboxylic acids is 1. The summed E-state index contributed by atoms with van der Waals surface area (Å²) in [6.45, 7) is 13.3. The monoisotopic (exact) mass is 313 g/mol. The molecule has 23 heavy (non-hydrogen) atoms. The van der Waals surface area contributed by atoms with Gasteiger partial charge in [-0.1, -0.05) is 31.5 Å². The molecule has 0 bridgehead atoms. The lowest BCUT2D eigenvalue weighted by Gasteiger charge is -2.10. The van der Waals surface area contributed by atoms with Gasteiger partial charge in [-0.15, -0.1) is 0 Å². The van der Waals surface area contributed by atoms with Crippen LogP contribution in [0.25, 0.3) is 0 Å². The number of rotatable bonds is 5. The van der Waals surface area contributed by atoms with Gasteiger partial charge in [0.05, 0.1) is 12.1 Å². The van der Waals surface area contributed by atoms with Crippen molar-refractivity contribution in [1.29, 1.82) is 0 Å². The Bertz CT molecular complexity index is 714. The molecule has 1 aromatic heterocycles. The first-order chi connectivity index (χ1) is 10.8. The van der Waals surface area contributed by atoms with Gasteiger partial charge in [-0.2, -0.15) is 5.10 Å². The van der Waals surface area contributed by atoms with Crippen LogP contribution in [-0.2, 0) is 17.8 Å². The Morgan fingerprint density at radius 1 is 1.22 bits per heavy atom. The average Bonchev–Trinajstić information content (AvgIpc) is 2.69. The minimum atomic E-state index is 0.00671. The third kappa shape index (κ3) is 4.21. The first-order valence-electron chi connectivity index (χ1n) is 8.18. The smallest absolute Gasteiger partial charge is 0.228 e. The average molecular weight is 313 g/mol. The lowest BCUT2D eigenvalue weighted by molar-refractivity contribution is -0.115. The predicted octanol–water partition coefficient (Wildman–Crippen LogP) is 3.95. The Morgan fingerprint density at radius 3 is 2.52 bits per heavy atom. The van der Waals surface area contributed by atoms with E-state index in [2.05, 4.69) is 37.3 Å². The van der Waals surface area contributed by atoms with Crippen molar-refractivity contribution in [1.82, 2.24) is 9.78 Å². The van der Waals surface area contributed by atoms with E-state index in [1.807, 2.05) is 37.6 Å². The standard InChI is InChI=1S/C19H27N3O/c1-12(2)11-22-16(6)17(15(5)21-22)10-19(23)20-18-8-7-13(3)9-14(18)4/h7-9,12H,10-11H2,1-6H3,(H,20,23). The number of aryl methyl sites for hydroxylation is 3. The summed E-state index contributed by atoms with van der Waals surface area (Å²) in [6.07, 6.45) is 0.364. The molecule has 4 nitrogen and oxygen atoms in total. The van der Waals surface area contributed by atoms with Gasteiger partial charge in [0.15, 0.2) is 0 Å². The van der Waals surface area contributed by atoms with Crippen molar-refractivity contribution in [3.8, 4) is 0 Å². The van der Waals surface area contributed by atoms with Crippen molar-refractivity contribution >= 4 is 11.6 Å². The molecule has 2 rings (SSSR count). The van der Waals surface area contributed by atoms with Gasteiger partial charge in [-0.3, -0.25) is 9.48 Å². The van der Waals surface area contributed by atoms with Crippen LogP contribution in [0.15, 0.2) is 18.2 Å². The summed E-state index contributed by atoms with van der Waals surface area (Å²) < 4.78 is 2.01. The zero-order chi connectivity index (χ0) is 17.1. The normalized spacial score (nSPS) is 11.1. The Morgan fingerprint density at radius 2 is 1.91 bits per heavy atom. The fourth-order valence-corrected chi connectivity index (χ4v) is 2.82. The first kappa shape index (κ1) is 17.3. The highest BCUT2D eigenvalue weighted by Crippen LogP contribution is 2.19. The molecule has 4 heteroatoms. The molecule has 124 valence electrons. The Labute approximate surface area is 138 Å². The van der Waals surface area contributed by atoms with Crippen LogP contribution in [0.4, 0.5) is 5.69 Å². The Balaban J connectivity index is 2.12. The molecule has 1 N–H and O–H groups in total. The Hall–Kier alpha value is -2.10. The second kappa shape index (κ2) is 6.99. The van der Waals surface area contributed by atoms with Gasteiger partial charge in [0.25, 0.3) is 0 Å². The zero-order valence-electron chi connectivity index (χ0n) is 15.0. The van der Waals surface area contributed by atoms with Crippen LogP contribution in [0.3, 0.4) is 0 Å². The van der Waals surface area contributed by atoms with E-state index in [0.29, 0.717) is 12.3 Å². The van der Waals surface area contributed by atoms with Gasteiger partial charge >= 0.3 is 0 Å². The minimum absolute atomic E-state index is 0.00671. The maximum absolute atomic E-state index is 12.4. The highest BCUT2D eigenvalue weighted by Gasteiger charge is 2.16. The number of anilines is 1. The van der Waals surface area contributed by atoms with E-state index in [0.717, 1.165) is 34.7 Å². The van der Waals surface area contributed by atoms with E-state index >= 15 is 0 Å². The van der Waals surface area contributed by atoms with Crippen LogP contribution < -0.4 is 5.32 Å². The van der Waals surface area contributed by atoms with E-state index in [9.17, 15) is 4.79 Å². The molecule has 0 spiro atoms. The summed E-state index contributed by atoms with van der Waals surface area (Å²) in [5, 5.41) is 7.59. The van der Waals surface area contributed by atoms with E-state index < -0.39 is 0 Å². The number of hydrogen-bond donors (Lipinski definition) is 1. The van der Waals surface area contributed by atoms with Gasteiger partial charge in [0.2, 0.25) is 5.91 Å². The molecule has 0 saturated heterocycles. The number of nitrogens with one attached hydrogen (secondary N) is 1. The minimum Gasteiger partial charge on any atom is -0.326 e. The molecule has 0 atom stereocenters. The number of nitrogens with zero attached hydrogens (tertiary/aromatic N) is 2. The number of hydrogen-bond acceptors (Lipinski definition) is 2. The number of aromatic nitrogens is 2. The van der Waals surface area contributed by atoms with Crippen molar-refractivity contribution in [3.05, 3.63) is 46.3 Å². The van der Waals surface area contributed by atoms with Crippen LogP contribution in [0, 0.1) is 33.6 Å². The predicted molar refractivity (Wildman–Crippen MR) is 94.8 cm³/mol. The summed E-state index contributed by atoms with van der Waals surface area (Å²) in [7, 11) is 0. The molecule has 0 aliphatic heterocycles. The van der Waals surface area contributed by atoms with Crippen molar-refractivity contribution < 1.29 is 4.79 Å². The van der Waals surface area contributed by atoms with E-state index in [1.165, 1.54) is 5.56 Å². The van der Waals surface area contributed by atoms with Crippen LogP contribution >= 0.6 is 0 Å². The molecule has 2 aromatic rings. The fourth-order valence-electron chi connectivity index (χ4n) is 2.82. The van der Waals surface area contributed by atoms with Gasteiger partial charge < -0.3 is 5.32 Å². The number of benzene rings is 1. The molecular formula is C19H27N3O. The van der Waals surface area contributed by atoms with E-state index in [-0.39, 0.29) is 5.91 Å². The largest absolute Gasteiger partial charge is 0.326 e. The maximum atomic E-state index is 12.4. The van der Waals surface area contributed by atoms with Gasteiger partial charge in [-0.05, 0) is 45.2 Å². The Kier molecular flexibility index (Phi) is 5.24. The van der Waals surface area contributed by atoms with E-state index in [1.54, 1.807) is 0 Å². The molecule has 1 amide bonds. The third-order valence-corrected chi connectivity index (χ3v) is 4.06. The van der Waals surface area contributed by atoms with Crippen LogP contribution in [0.5, 0.6) is 0 Å². The summed E-state index contributed by atoms with van der Waals surface area (Å²) in [5.74, 6) is 0.539. The van der Waals surface area contributed by atoms with Gasteiger partial charge in [0, 0.05) is 23.5 Å². The molecule has 1 heterocycles. The molecular weight excluding hydrogens is 286 g/mol. The number of carbonyl (C=O) groups is 1.